The molecule has 10 heteroatoms. The molecule has 140 valence electrons. The maximum Gasteiger partial charge on any atom is 0.341 e. The van der Waals surface area contributed by atoms with Gasteiger partial charge in [0.15, 0.2) is 0 Å². The number of hydrogen-bond acceptors (Lipinski definition) is 6. The van der Waals surface area contributed by atoms with E-state index in [9.17, 15) is 14.4 Å². The Morgan fingerprint density at radius 2 is 2.15 bits per heavy atom. The van der Waals surface area contributed by atoms with E-state index in [2.05, 4.69) is 26.3 Å². The monoisotopic (exact) mass is 442 g/mol. The molecule has 0 aliphatic carbocycles. The highest BCUT2D eigenvalue weighted by Gasteiger charge is 2.27. The third kappa shape index (κ3) is 4.31. The highest BCUT2D eigenvalue weighted by atomic mass is 79.9. The van der Waals surface area contributed by atoms with Gasteiger partial charge in [-0.3, -0.25) is 14.3 Å². The number of amides is 2. The van der Waals surface area contributed by atoms with Crippen LogP contribution in [0.15, 0.2) is 16.9 Å². The summed E-state index contributed by atoms with van der Waals surface area (Å²) in [4.78, 5) is 36.7. The Kier molecular flexibility index (Phi) is 6.54. The van der Waals surface area contributed by atoms with Gasteiger partial charge in [0.05, 0.1) is 27.7 Å². The number of anilines is 1. The van der Waals surface area contributed by atoms with Crippen molar-refractivity contribution in [2.75, 3.05) is 11.9 Å². The molecular weight excluding hydrogens is 424 g/mol. The number of ether oxygens (including phenoxy) is 1. The lowest BCUT2D eigenvalue weighted by Gasteiger charge is -2.13. The average molecular weight is 443 g/mol. The number of primary amides is 1. The molecule has 1 atom stereocenters. The number of halogens is 1. The van der Waals surface area contributed by atoms with Gasteiger partial charge >= 0.3 is 5.97 Å². The molecule has 26 heavy (non-hydrogen) atoms. The fourth-order valence-electron chi connectivity index (χ4n) is 2.21. The van der Waals surface area contributed by atoms with Crippen molar-refractivity contribution in [3.8, 4) is 0 Å². The number of nitrogens with zero attached hydrogens (tertiary/aromatic N) is 2. The fourth-order valence-corrected chi connectivity index (χ4v) is 3.56. The van der Waals surface area contributed by atoms with Crippen LogP contribution in [0.3, 0.4) is 0 Å². The summed E-state index contributed by atoms with van der Waals surface area (Å²) < 4.78 is 7.38. The molecule has 8 nitrogen and oxygen atoms in total. The van der Waals surface area contributed by atoms with Gasteiger partial charge in [-0.2, -0.15) is 5.10 Å². The number of nitrogens with one attached hydrogen (secondary N) is 1. The largest absolute Gasteiger partial charge is 0.462 e. The molecule has 0 saturated carbocycles. The Bertz CT molecular complexity index is 845. The van der Waals surface area contributed by atoms with E-state index in [1.807, 2.05) is 6.92 Å². The van der Waals surface area contributed by atoms with Crippen LogP contribution in [0.5, 0.6) is 0 Å². The molecule has 0 aliphatic heterocycles. The lowest BCUT2D eigenvalue weighted by molar-refractivity contribution is -0.119. The molecule has 2 amide bonds. The molecule has 0 fully saturated rings. The molecule has 0 radical (unpaired) electrons. The Balaban J connectivity index is 2.32. The number of rotatable bonds is 7. The normalized spacial score (nSPS) is 11.8. The maximum atomic E-state index is 12.6. The third-order valence-corrected chi connectivity index (χ3v) is 5.23. The van der Waals surface area contributed by atoms with Crippen LogP contribution in [0.2, 0.25) is 0 Å². The van der Waals surface area contributed by atoms with Crippen LogP contribution in [0.1, 0.15) is 51.9 Å². The van der Waals surface area contributed by atoms with Gasteiger partial charge in [-0.25, -0.2) is 4.79 Å². The van der Waals surface area contributed by atoms with Crippen molar-refractivity contribution in [3.05, 3.63) is 32.9 Å². The van der Waals surface area contributed by atoms with Crippen molar-refractivity contribution >= 4 is 50.1 Å². The molecule has 2 rings (SSSR count). The van der Waals surface area contributed by atoms with Crippen LogP contribution in [-0.4, -0.2) is 34.2 Å². The standard InChI is InChI=1S/C16H19BrN4O4S/c1-4-5-25-16(24)11-8(2)12(13(18)22)26-15(11)20-14(23)9(3)21-7-10(17)6-19-21/h6-7,9H,4-5H2,1-3H3,(H2,18,22)(H,20,23). The molecule has 2 aromatic rings. The lowest BCUT2D eigenvalue weighted by Crippen LogP contribution is -2.24. The topological polar surface area (TPSA) is 116 Å². The van der Waals surface area contributed by atoms with Gasteiger partial charge in [-0.1, -0.05) is 6.92 Å². The summed E-state index contributed by atoms with van der Waals surface area (Å²) in [5, 5.41) is 7.00. The van der Waals surface area contributed by atoms with E-state index in [0.717, 1.165) is 15.8 Å². The number of carbonyl (C=O) groups is 3. The van der Waals surface area contributed by atoms with Crippen molar-refractivity contribution < 1.29 is 19.1 Å². The SMILES string of the molecule is CCCOC(=O)c1c(NC(=O)C(C)n2cc(Br)cn2)sc(C(N)=O)c1C. The fraction of sp³-hybridized carbons (Fsp3) is 0.375. The molecule has 0 bridgehead atoms. The number of thiophene rings is 1. The summed E-state index contributed by atoms with van der Waals surface area (Å²) in [5.41, 5.74) is 5.92. The first kappa shape index (κ1) is 20.1. The van der Waals surface area contributed by atoms with E-state index >= 15 is 0 Å². The summed E-state index contributed by atoms with van der Waals surface area (Å²) >= 11 is 4.23. The zero-order valence-corrected chi connectivity index (χ0v) is 16.9. The number of hydrogen-bond donors (Lipinski definition) is 2. The molecule has 0 aliphatic rings. The minimum atomic E-state index is -0.665. The minimum Gasteiger partial charge on any atom is -0.462 e. The number of esters is 1. The number of nitrogens with two attached hydrogens (primary N) is 1. The van der Waals surface area contributed by atoms with Gasteiger partial charge in [-0.15, -0.1) is 11.3 Å². The average Bonchev–Trinajstić information content (AvgIpc) is 3.15. The van der Waals surface area contributed by atoms with Crippen LogP contribution in [0.4, 0.5) is 5.00 Å². The van der Waals surface area contributed by atoms with E-state index in [-0.39, 0.29) is 28.0 Å². The molecule has 3 N–H and O–H groups in total. The quantitative estimate of drug-likeness (QED) is 0.639. The summed E-state index contributed by atoms with van der Waals surface area (Å²) in [5.74, 6) is -1.65. The second-order valence-corrected chi connectivity index (χ2v) is 7.50. The van der Waals surface area contributed by atoms with Crippen LogP contribution in [0.25, 0.3) is 0 Å². The second-order valence-electron chi connectivity index (χ2n) is 5.56. The smallest absolute Gasteiger partial charge is 0.341 e. The Labute approximate surface area is 162 Å². The summed E-state index contributed by atoms with van der Waals surface area (Å²) in [6, 6.07) is -0.625. The van der Waals surface area contributed by atoms with Gasteiger partial charge in [-0.05, 0) is 41.8 Å². The predicted octanol–water partition coefficient (Wildman–Crippen LogP) is 2.88. The highest BCUT2D eigenvalue weighted by molar-refractivity contribution is 9.10. The number of carbonyl (C=O) groups excluding carboxylic acids is 3. The first-order chi connectivity index (χ1) is 12.3. The molecular formula is C16H19BrN4O4S. The van der Waals surface area contributed by atoms with Crippen LogP contribution in [-0.2, 0) is 9.53 Å². The zero-order chi connectivity index (χ0) is 19.4. The predicted molar refractivity (Wildman–Crippen MR) is 101 cm³/mol. The van der Waals surface area contributed by atoms with Crippen molar-refractivity contribution in [2.45, 2.75) is 33.2 Å². The first-order valence-electron chi connectivity index (χ1n) is 7.87. The maximum absolute atomic E-state index is 12.6. The van der Waals surface area contributed by atoms with Gasteiger partial charge in [0.1, 0.15) is 11.0 Å². The van der Waals surface area contributed by atoms with Crippen LogP contribution < -0.4 is 11.1 Å². The van der Waals surface area contributed by atoms with Crippen molar-refractivity contribution in [1.82, 2.24) is 9.78 Å². The highest BCUT2D eigenvalue weighted by Crippen LogP contribution is 2.34. The third-order valence-electron chi connectivity index (χ3n) is 3.59. The molecule has 1 unspecified atom stereocenters. The molecule has 2 heterocycles. The van der Waals surface area contributed by atoms with E-state index in [1.54, 1.807) is 26.2 Å². The Hall–Kier alpha value is -2.20. The van der Waals surface area contributed by atoms with Crippen LogP contribution >= 0.6 is 27.3 Å². The molecule has 2 aromatic heterocycles. The minimum absolute atomic E-state index is 0.152. The summed E-state index contributed by atoms with van der Waals surface area (Å²) in [6.45, 7) is 5.38. The van der Waals surface area contributed by atoms with E-state index in [4.69, 9.17) is 10.5 Å². The molecule has 0 saturated heterocycles. The summed E-state index contributed by atoms with van der Waals surface area (Å²) in [6.07, 6.45) is 3.89. The zero-order valence-electron chi connectivity index (χ0n) is 14.5. The van der Waals surface area contributed by atoms with Crippen molar-refractivity contribution in [2.24, 2.45) is 5.73 Å². The van der Waals surface area contributed by atoms with Gasteiger partial charge in [0.2, 0.25) is 5.91 Å². The van der Waals surface area contributed by atoms with Crippen LogP contribution in [0, 0.1) is 6.92 Å². The van der Waals surface area contributed by atoms with E-state index in [1.165, 1.54) is 4.68 Å². The molecule has 0 spiro atoms. The number of aromatic nitrogens is 2. The lowest BCUT2D eigenvalue weighted by atomic mass is 10.1. The molecule has 0 aromatic carbocycles. The Morgan fingerprint density at radius 1 is 1.46 bits per heavy atom. The van der Waals surface area contributed by atoms with Gasteiger partial charge in [0.25, 0.3) is 5.91 Å². The van der Waals surface area contributed by atoms with Gasteiger partial charge < -0.3 is 15.8 Å². The first-order valence-corrected chi connectivity index (χ1v) is 9.48. The second kappa shape index (κ2) is 8.45. The Morgan fingerprint density at radius 3 is 2.69 bits per heavy atom. The van der Waals surface area contributed by atoms with E-state index < -0.39 is 17.9 Å². The summed E-state index contributed by atoms with van der Waals surface area (Å²) in [7, 11) is 0. The van der Waals surface area contributed by atoms with E-state index in [0.29, 0.717) is 12.0 Å². The van der Waals surface area contributed by atoms with Gasteiger partial charge in [0, 0.05) is 6.20 Å². The van der Waals surface area contributed by atoms with Crippen molar-refractivity contribution in [1.29, 1.82) is 0 Å². The van der Waals surface area contributed by atoms with Crippen molar-refractivity contribution in [3.63, 3.8) is 0 Å².